The van der Waals surface area contributed by atoms with Gasteiger partial charge in [0.05, 0.1) is 16.3 Å². The van der Waals surface area contributed by atoms with Crippen LogP contribution in [0.5, 0.6) is 0 Å². The average Bonchev–Trinajstić information content (AvgIpc) is 3.08. The summed E-state index contributed by atoms with van der Waals surface area (Å²) in [6, 6.07) is 12.6. The van der Waals surface area contributed by atoms with Crippen molar-refractivity contribution >= 4 is 15.7 Å². The van der Waals surface area contributed by atoms with Crippen LogP contribution >= 0.6 is 0 Å². The van der Waals surface area contributed by atoms with Crippen molar-refractivity contribution in [1.82, 2.24) is 14.5 Å². The van der Waals surface area contributed by atoms with E-state index in [1.54, 1.807) is 24.3 Å². The molecule has 10 heteroatoms. The molecular weight excluding hydrogens is 381 g/mol. The Hall–Kier alpha value is -2.85. The largest absolute Gasteiger partial charge is 0.435 e. The zero-order valence-corrected chi connectivity index (χ0v) is 14.8. The minimum atomic E-state index is -4.62. The molecule has 0 aliphatic carbocycles. The smallest absolute Gasteiger partial charge is 0.399 e. The Labute approximate surface area is 153 Å². The van der Waals surface area contributed by atoms with Crippen molar-refractivity contribution in [1.29, 1.82) is 0 Å². The molecule has 6 nitrogen and oxygen atoms in total. The molecule has 2 aromatic carbocycles. The van der Waals surface area contributed by atoms with E-state index in [4.69, 9.17) is 5.73 Å². The number of sulfonamides is 1. The molecule has 0 fully saturated rings. The molecule has 1 aromatic heterocycles. The van der Waals surface area contributed by atoms with Crippen LogP contribution in [0, 0.1) is 0 Å². The van der Waals surface area contributed by atoms with E-state index in [1.165, 1.54) is 31.3 Å². The molecular formula is C17H15F3N4O2S. The Morgan fingerprint density at radius 1 is 1.04 bits per heavy atom. The maximum absolute atomic E-state index is 13.2. The third kappa shape index (κ3) is 3.81. The van der Waals surface area contributed by atoms with Crippen LogP contribution in [0.2, 0.25) is 0 Å². The first-order chi connectivity index (χ1) is 12.6. The molecule has 3 N–H and O–H groups in total. The lowest BCUT2D eigenvalue weighted by Gasteiger charge is -2.09. The standard InChI is InChI=1S/C17H15F3N4O2S/c1-22-27(25,26)14-8-6-13(7-9-14)24-15(10-16(23-24)17(18,19)20)11-2-4-12(21)5-3-11/h2-10,22H,21H2,1H3. The quantitative estimate of drug-likeness (QED) is 0.664. The van der Waals surface area contributed by atoms with Gasteiger partial charge >= 0.3 is 6.18 Å². The maximum Gasteiger partial charge on any atom is 0.435 e. The summed E-state index contributed by atoms with van der Waals surface area (Å²) >= 11 is 0. The van der Waals surface area contributed by atoms with Crippen molar-refractivity contribution in [2.24, 2.45) is 0 Å². The zero-order chi connectivity index (χ0) is 19.8. The highest BCUT2D eigenvalue weighted by Crippen LogP contribution is 2.33. The Bertz CT molecular complexity index is 1060. The Kier molecular flexibility index (Phi) is 4.70. The summed E-state index contributed by atoms with van der Waals surface area (Å²) in [7, 11) is -2.39. The molecule has 0 saturated heterocycles. The van der Waals surface area contributed by atoms with Crippen molar-refractivity contribution in [2.75, 3.05) is 12.8 Å². The van der Waals surface area contributed by atoms with E-state index in [2.05, 4.69) is 9.82 Å². The van der Waals surface area contributed by atoms with Crippen LogP contribution in [-0.2, 0) is 16.2 Å². The van der Waals surface area contributed by atoms with Gasteiger partial charge in [0, 0.05) is 11.3 Å². The van der Waals surface area contributed by atoms with Crippen LogP contribution in [0.3, 0.4) is 0 Å². The minimum Gasteiger partial charge on any atom is -0.399 e. The fourth-order valence-corrected chi connectivity index (χ4v) is 3.19. The van der Waals surface area contributed by atoms with Crippen LogP contribution in [-0.4, -0.2) is 25.2 Å². The molecule has 1 heterocycles. The highest BCUT2D eigenvalue weighted by Gasteiger charge is 2.35. The number of benzene rings is 2. The molecule has 27 heavy (non-hydrogen) atoms. The Balaban J connectivity index is 2.14. The third-order valence-electron chi connectivity index (χ3n) is 3.87. The molecule has 0 aliphatic heterocycles. The van der Waals surface area contributed by atoms with Crippen molar-refractivity contribution in [3.8, 4) is 16.9 Å². The highest BCUT2D eigenvalue weighted by atomic mass is 32.2. The summed E-state index contributed by atoms with van der Waals surface area (Å²) in [5.41, 5.74) is 6.02. The molecule has 0 amide bonds. The first-order valence-corrected chi connectivity index (χ1v) is 9.17. The highest BCUT2D eigenvalue weighted by molar-refractivity contribution is 7.89. The predicted octanol–water partition coefficient (Wildman–Crippen LogP) is 3.05. The van der Waals surface area contributed by atoms with E-state index in [0.29, 0.717) is 11.3 Å². The van der Waals surface area contributed by atoms with Crippen molar-refractivity contribution < 1.29 is 21.6 Å². The van der Waals surface area contributed by atoms with Gasteiger partial charge in [0.25, 0.3) is 0 Å². The number of nitrogen functional groups attached to an aromatic ring is 1. The van der Waals surface area contributed by atoms with Crippen molar-refractivity contribution in [3.05, 3.63) is 60.3 Å². The first-order valence-electron chi connectivity index (χ1n) is 7.69. The van der Waals surface area contributed by atoms with E-state index in [0.717, 1.165) is 10.7 Å². The monoisotopic (exact) mass is 396 g/mol. The van der Waals surface area contributed by atoms with Crippen LogP contribution < -0.4 is 10.5 Å². The van der Waals surface area contributed by atoms with Gasteiger partial charge in [-0.1, -0.05) is 12.1 Å². The van der Waals surface area contributed by atoms with Gasteiger partial charge in [0.15, 0.2) is 5.69 Å². The number of anilines is 1. The van der Waals surface area contributed by atoms with Gasteiger partial charge in [0.2, 0.25) is 10.0 Å². The van der Waals surface area contributed by atoms with Gasteiger partial charge in [-0.25, -0.2) is 17.8 Å². The van der Waals surface area contributed by atoms with E-state index >= 15 is 0 Å². The normalized spacial score (nSPS) is 12.3. The summed E-state index contributed by atoms with van der Waals surface area (Å²) in [5, 5.41) is 3.66. The van der Waals surface area contributed by atoms with E-state index < -0.39 is 21.9 Å². The average molecular weight is 396 g/mol. The lowest BCUT2D eigenvalue weighted by molar-refractivity contribution is -0.141. The molecule has 0 aliphatic rings. The fourth-order valence-electron chi connectivity index (χ4n) is 2.46. The first kappa shape index (κ1) is 18.9. The van der Waals surface area contributed by atoms with E-state index in [-0.39, 0.29) is 16.3 Å². The van der Waals surface area contributed by atoms with Crippen molar-refractivity contribution in [3.63, 3.8) is 0 Å². The zero-order valence-electron chi connectivity index (χ0n) is 14.0. The van der Waals surface area contributed by atoms with Gasteiger partial charge in [-0.15, -0.1) is 0 Å². The summed E-state index contributed by atoms with van der Waals surface area (Å²) < 4.78 is 66.4. The Morgan fingerprint density at radius 2 is 1.63 bits per heavy atom. The molecule has 0 unspecified atom stereocenters. The summed E-state index contributed by atoms with van der Waals surface area (Å²) in [4.78, 5) is -0.00835. The number of aromatic nitrogens is 2. The second-order valence-electron chi connectivity index (χ2n) is 5.65. The molecule has 0 atom stereocenters. The lowest BCUT2D eigenvalue weighted by atomic mass is 10.1. The molecule has 0 bridgehead atoms. The van der Waals surface area contributed by atoms with E-state index in [9.17, 15) is 21.6 Å². The topological polar surface area (TPSA) is 90.0 Å². The van der Waals surface area contributed by atoms with Gasteiger partial charge in [0.1, 0.15) is 0 Å². The summed E-state index contributed by atoms with van der Waals surface area (Å²) in [6.45, 7) is 0. The van der Waals surface area contributed by atoms with Crippen LogP contribution in [0.15, 0.2) is 59.5 Å². The number of hydrogen-bond donors (Lipinski definition) is 2. The van der Waals surface area contributed by atoms with Crippen molar-refractivity contribution in [2.45, 2.75) is 11.1 Å². The number of nitrogens with two attached hydrogens (primary N) is 1. The molecule has 142 valence electrons. The van der Waals surface area contributed by atoms with Gasteiger partial charge in [-0.05, 0) is 49.5 Å². The summed E-state index contributed by atoms with van der Waals surface area (Å²) in [6.07, 6.45) is -4.62. The predicted molar refractivity (Wildman–Crippen MR) is 94.7 cm³/mol. The fraction of sp³-hybridized carbons (Fsp3) is 0.118. The van der Waals surface area contributed by atoms with E-state index in [1.807, 2.05) is 0 Å². The second kappa shape index (κ2) is 6.71. The van der Waals surface area contributed by atoms with Gasteiger partial charge in [-0.2, -0.15) is 18.3 Å². The third-order valence-corrected chi connectivity index (χ3v) is 5.30. The number of halogens is 3. The lowest BCUT2D eigenvalue weighted by Crippen LogP contribution is -2.18. The molecule has 0 saturated carbocycles. The van der Waals surface area contributed by atoms with Crippen LogP contribution in [0.4, 0.5) is 18.9 Å². The molecule has 0 spiro atoms. The molecule has 3 rings (SSSR count). The number of hydrogen-bond acceptors (Lipinski definition) is 4. The summed E-state index contributed by atoms with van der Waals surface area (Å²) in [5.74, 6) is 0. The van der Waals surface area contributed by atoms with Gasteiger partial charge < -0.3 is 5.73 Å². The minimum absolute atomic E-state index is 0.00835. The number of alkyl halides is 3. The number of nitrogens with one attached hydrogen (secondary N) is 1. The van der Waals surface area contributed by atoms with Crippen LogP contribution in [0.25, 0.3) is 16.9 Å². The second-order valence-corrected chi connectivity index (χ2v) is 7.53. The SMILES string of the molecule is CNS(=O)(=O)c1ccc(-n2nc(C(F)(F)F)cc2-c2ccc(N)cc2)cc1. The number of nitrogens with zero attached hydrogens (tertiary/aromatic N) is 2. The van der Waals surface area contributed by atoms with Crippen LogP contribution in [0.1, 0.15) is 5.69 Å². The molecule has 0 radical (unpaired) electrons. The molecule has 3 aromatic rings. The Morgan fingerprint density at radius 3 is 2.15 bits per heavy atom. The number of rotatable bonds is 4. The maximum atomic E-state index is 13.2. The van der Waals surface area contributed by atoms with Gasteiger partial charge in [-0.3, -0.25) is 0 Å².